The molecular weight excluding hydrogens is 250 g/mol. The third-order valence-electron chi connectivity index (χ3n) is 4.43. The fourth-order valence-electron chi connectivity index (χ4n) is 3.40. The molecule has 1 aromatic rings. The van der Waals surface area contributed by atoms with Gasteiger partial charge in [-0.25, -0.2) is 4.98 Å². The van der Waals surface area contributed by atoms with Crippen LogP contribution in [-0.2, 0) is 4.74 Å². The van der Waals surface area contributed by atoms with Gasteiger partial charge in [-0.05, 0) is 25.0 Å². The van der Waals surface area contributed by atoms with E-state index in [0.717, 1.165) is 37.6 Å². The third kappa shape index (κ3) is 2.52. The first-order chi connectivity index (χ1) is 9.81. The van der Waals surface area contributed by atoms with Crippen LogP contribution in [0.3, 0.4) is 0 Å². The molecule has 0 aliphatic carbocycles. The summed E-state index contributed by atoms with van der Waals surface area (Å²) in [6.45, 7) is 3.98. The summed E-state index contributed by atoms with van der Waals surface area (Å²) in [6, 6.07) is 5.29. The number of hydrogen-bond acceptors (Lipinski definition) is 4. The number of rotatable bonds is 4. The molecule has 1 aromatic heterocycles. The van der Waals surface area contributed by atoms with Crippen molar-refractivity contribution in [2.24, 2.45) is 0 Å². The maximum atomic E-state index is 5.38. The van der Waals surface area contributed by atoms with Gasteiger partial charge in [-0.3, -0.25) is 4.90 Å². The number of anilines is 1. The van der Waals surface area contributed by atoms with E-state index >= 15 is 0 Å². The Balaban J connectivity index is 1.68. The number of ether oxygens (including phenoxy) is 1. The highest BCUT2D eigenvalue weighted by Gasteiger charge is 2.39. The molecule has 0 spiro atoms. The summed E-state index contributed by atoms with van der Waals surface area (Å²) in [5.74, 6) is 3.66. The first-order valence-electron chi connectivity index (χ1n) is 7.24. The topological polar surface area (TPSA) is 28.6 Å². The van der Waals surface area contributed by atoms with Crippen LogP contribution in [0.2, 0.25) is 0 Å². The van der Waals surface area contributed by atoms with Crippen molar-refractivity contribution in [3.63, 3.8) is 0 Å². The number of nitrogens with zero attached hydrogens (tertiary/aromatic N) is 3. The van der Waals surface area contributed by atoms with Gasteiger partial charge in [0.2, 0.25) is 0 Å². The normalized spacial score (nSPS) is 25.7. The zero-order valence-electron chi connectivity index (χ0n) is 12.0. The lowest BCUT2D eigenvalue weighted by Crippen LogP contribution is -2.54. The lowest BCUT2D eigenvalue weighted by Gasteiger charge is -2.41. The minimum absolute atomic E-state index is 0.637. The Bertz CT molecular complexity index is 479. The van der Waals surface area contributed by atoms with Crippen molar-refractivity contribution in [2.45, 2.75) is 24.9 Å². The summed E-state index contributed by atoms with van der Waals surface area (Å²) in [5.41, 5.74) is 0.843. The van der Waals surface area contributed by atoms with Crippen molar-refractivity contribution in [2.75, 3.05) is 38.3 Å². The summed E-state index contributed by atoms with van der Waals surface area (Å²) < 4.78 is 5.22. The average Bonchev–Trinajstić information content (AvgIpc) is 2.73. The highest BCUT2D eigenvalue weighted by Crippen LogP contribution is 2.31. The van der Waals surface area contributed by atoms with E-state index in [4.69, 9.17) is 11.2 Å². The van der Waals surface area contributed by atoms with E-state index in [1.165, 1.54) is 12.8 Å². The van der Waals surface area contributed by atoms with Crippen LogP contribution in [0.15, 0.2) is 18.3 Å². The van der Waals surface area contributed by atoms with Crippen LogP contribution in [-0.4, -0.2) is 55.3 Å². The van der Waals surface area contributed by atoms with E-state index in [2.05, 4.69) is 20.7 Å². The van der Waals surface area contributed by atoms with Gasteiger partial charge in [0.15, 0.2) is 0 Å². The van der Waals surface area contributed by atoms with Gasteiger partial charge in [-0.1, -0.05) is 5.92 Å². The molecule has 0 radical (unpaired) electrons. The lowest BCUT2D eigenvalue weighted by molar-refractivity contribution is 0.106. The standard InChI is InChI=1S/C16H21N3O/c1-3-13-4-7-16(17-10-13)18-11-14-5-6-15(12-18)19(14)8-9-20-2/h1,4,7,10,14-15H,5-6,8-9,11-12H2,2H3. The number of pyridine rings is 1. The minimum Gasteiger partial charge on any atom is -0.383 e. The smallest absolute Gasteiger partial charge is 0.128 e. The summed E-state index contributed by atoms with van der Waals surface area (Å²) in [6.07, 6.45) is 9.73. The number of piperazine rings is 1. The highest BCUT2D eigenvalue weighted by atomic mass is 16.5. The zero-order chi connectivity index (χ0) is 13.9. The van der Waals surface area contributed by atoms with Crippen molar-refractivity contribution >= 4 is 5.82 Å². The Kier molecular flexibility index (Phi) is 3.90. The van der Waals surface area contributed by atoms with Crippen molar-refractivity contribution < 1.29 is 4.74 Å². The summed E-state index contributed by atoms with van der Waals surface area (Å²) >= 11 is 0. The van der Waals surface area contributed by atoms with Crippen LogP contribution in [0.5, 0.6) is 0 Å². The third-order valence-corrected chi connectivity index (χ3v) is 4.43. The van der Waals surface area contributed by atoms with Gasteiger partial charge in [-0.2, -0.15) is 0 Å². The quantitative estimate of drug-likeness (QED) is 0.773. The molecule has 0 saturated carbocycles. The van der Waals surface area contributed by atoms with Crippen LogP contribution >= 0.6 is 0 Å². The Hall–Kier alpha value is -1.57. The van der Waals surface area contributed by atoms with E-state index < -0.39 is 0 Å². The molecule has 2 aliphatic heterocycles. The number of methoxy groups -OCH3 is 1. The van der Waals surface area contributed by atoms with Crippen LogP contribution in [0.1, 0.15) is 18.4 Å². The molecule has 3 rings (SSSR count). The molecule has 2 unspecified atom stereocenters. The fraction of sp³-hybridized carbons (Fsp3) is 0.562. The predicted molar refractivity (Wildman–Crippen MR) is 79.8 cm³/mol. The summed E-state index contributed by atoms with van der Waals surface area (Å²) in [4.78, 5) is 9.50. The molecule has 0 N–H and O–H groups in total. The first-order valence-corrected chi connectivity index (χ1v) is 7.24. The van der Waals surface area contributed by atoms with Gasteiger partial charge >= 0.3 is 0 Å². The van der Waals surface area contributed by atoms with Crippen LogP contribution in [0, 0.1) is 12.3 Å². The Morgan fingerprint density at radius 2 is 2.10 bits per heavy atom. The van der Waals surface area contributed by atoms with E-state index in [9.17, 15) is 0 Å². The van der Waals surface area contributed by atoms with Crippen molar-refractivity contribution in [3.05, 3.63) is 23.9 Å². The Labute approximate surface area is 120 Å². The highest BCUT2D eigenvalue weighted by molar-refractivity contribution is 5.44. The fourth-order valence-corrected chi connectivity index (χ4v) is 3.40. The second-order valence-corrected chi connectivity index (χ2v) is 5.57. The molecule has 4 heteroatoms. The van der Waals surface area contributed by atoms with Crippen LogP contribution in [0.25, 0.3) is 0 Å². The molecular formula is C16H21N3O. The van der Waals surface area contributed by atoms with E-state index in [0.29, 0.717) is 12.1 Å². The average molecular weight is 271 g/mol. The first kappa shape index (κ1) is 13.4. The van der Waals surface area contributed by atoms with Gasteiger partial charge in [0.25, 0.3) is 0 Å². The van der Waals surface area contributed by atoms with Gasteiger partial charge in [0.1, 0.15) is 5.82 Å². The van der Waals surface area contributed by atoms with Crippen LogP contribution < -0.4 is 4.90 Å². The molecule has 2 atom stereocenters. The molecule has 2 bridgehead atoms. The molecule has 0 amide bonds. The van der Waals surface area contributed by atoms with Crippen LogP contribution in [0.4, 0.5) is 5.82 Å². The molecule has 2 fully saturated rings. The number of aromatic nitrogens is 1. The van der Waals surface area contributed by atoms with Crippen molar-refractivity contribution in [1.29, 1.82) is 0 Å². The zero-order valence-corrected chi connectivity index (χ0v) is 12.0. The number of hydrogen-bond donors (Lipinski definition) is 0. The van der Waals surface area contributed by atoms with E-state index in [1.807, 2.05) is 12.1 Å². The number of fused-ring (bicyclic) bond motifs is 2. The maximum absolute atomic E-state index is 5.38. The SMILES string of the molecule is C#Cc1ccc(N2CC3CCC(C2)N3CCOC)nc1. The molecule has 20 heavy (non-hydrogen) atoms. The van der Waals surface area contributed by atoms with Crippen molar-refractivity contribution in [3.8, 4) is 12.3 Å². The molecule has 106 valence electrons. The molecule has 4 nitrogen and oxygen atoms in total. The second-order valence-electron chi connectivity index (χ2n) is 5.57. The predicted octanol–water partition coefficient (Wildman–Crippen LogP) is 1.36. The molecule has 3 heterocycles. The van der Waals surface area contributed by atoms with Gasteiger partial charge in [-0.15, -0.1) is 6.42 Å². The van der Waals surface area contributed by atoms with Gasteiger partial charge in [0.05, 0.1) is 6.61 Å². The summed E-state index contributed by atoms with van der Waals surface area (Å²) in [5, 5.41) is 0. The maximum Gasteiger partial charge on any atom is 0.128 e. The molecule has 0 aromatic carbocycles. The monoisotopic (exact) mass is 271 g/mol. The van der Waals surface area contributed by atoms with Gasteiger partial charge < -0.3 is 9.64 Å². The van der Waals surface area contributed by atoms with Crippen molar-refractivity contribution in [1.82, 2.24) is 9.88 Å². The van der Waals surface area contributed by atoms with E-state index in [1.54, 1.807) is 13.3 Å². The largest absolute Gasteiger partial charge is 0.383 e. The van der Waals surface area contributed by atoms with Gasteiger partial charge in [0, 0.05) is 50.6 Å². The second kappa shape index (κ2) is 5.82. The molecule has 2 aliphatic rings. The van der Waals surface area contributed by atoms with E-state index in [-0.39, 0.29) is 0 Å². The Morgan fingerprint density at radius 3 is 2.65 bits per heavy atom. The minimum atomic E-state index is 0.637. The number of terminal acetylenes is 1. The summed E-state index contributed by atoms with van der Waals surface area (Å²) in [7, 11) is 1.77. The lowest BCUT2D eigenvalue weighted by atomic mass is 10.2. The Morgan fingerprint density at radius 1 is 1.35 bits per heavy atom. The molecule has 2 saturated heterocycles.